The zero-order valence-electron chi connectivity index (χ0n) is 18.7. The molecular weight excluding hydrogens is 400 g/mol. The molecule has 0 heterocycles. The first-order valence-corrected chi connectivity index (χ1v) is 11.9. The third kappa shape index (κ3) is 6.99. The monoisotopic (exact) mass is 434 g/mol. The van der Waals surface area contributed by atoms with E-state index in [4.69, 9.17) is 4.74 Å². The number of nitrogens with zero attached hydrogens (tertiary/aromatic N) is 1. The van der Waals surface area contributed by atoms with E-state index in [2.05, 4.69) is 4.72 Å². The Hall–Kier alpha value is -2.12. The van der Waals surface area contributed by atoms with Gasteiger partial charge in [-0.1, -0.05) is 37.1 Å². The van der Waals surface area contributed by atoms with Crippen LogP contribution in [0.3, 0.4) is 0 Å². The Morgan fingerprint density at radius 2 is 1.60 bits per heavy atom. The normalized spacial score (nSPS) is 12.2. The lowest BCUT2D eigenvalue weighted by atomic mass is 10.1. The second-order valence-corrected chi connectivity index (χ2v) is 10.4. The summed E-state index contributed by atoms with van der Waals surface area (Å²) < 4.78 is 33.7. The van der Waals surface area contributed by atoms with Gasteiger partial charge in [-0.05, 0) is 45.7 Å². The topological polar surface area (TPSA) is 75.7 Å². The first-order chi connectivity index (χ1) is 14.0. The molecule has 0 fully saturated rings. The first-order valence-electron chi connectivity index (χ1n) is 10.4. The Labute approximate surface area is 180 Å². The van der Waals surface area contributed by atoms with Crippen molar-refractivity contribution in [3.63, 3.8) is 0 Å². The fourth-order valence-electron chi connectivity index (χ4n) is 3.31. The van der Waals surface area contributed by atoms with E-state index >= 15 is 0 Å². The highest BCUT2D eigenvalue weighted by molar-refractivity contribution is 7.89. The van der Waals surface area contributed by atoms with Crippen molar-refractivity contribution in [2.24, 2.45) is 0 Å². The smallest absolute Gasteiger partial charge is 0.306 e. The second kappa shape index (κ2) is 10.3. The van der Waals surface area contributed by atoms with E-state index < -0.39 is 15.6 Å². The predicted molar refractivity (Wildman–Crippen MR) is 122 cm³/mol. The predicted octanol–water partition coefficient (Wildman–Crippen LogP) is 4.48. The molecule has 0 aliphatic carbocycles. The molecular formula is C23H34N2O4S. The Morgan fingerprint density at radius 1 is 0.967 bits per heavy atom. The van der Waals surface area contributed by atoms with Crippen LogP contribution in [0.1, 0.15) is 52.9 Å². The molecule has 2 aromatic carbocycles. The number of unbranched alkanes of at least 4 members (excludes halogenated alkanes) is 3. The van der Waals surface area contributed by atoms with Gasteiger partial charge in [0.2, 0.25) is 10.0 Å². The van der Waals surface area contributed by atoms with Crippen molar-refractivity contribution in [3.8, 4) is 0 Å². The van der Waals surface area contributed by atoms with E-state index in [1.807, 2.05) is 64.0 Å². The van der Waals surface area contributed by atoms with Gasteiger partial charge in [-0.3, -0.25) is 4.79 Å². The van der Waals surface area contributed by atoms with E-state index in [-0.39, 0.29) is 5.97 Å². The zero-order valence-corrected chi connectivity index (χ0v) is 19.5. The average Bonchev–Trinajstić information content (AvgIpc) is 2.64. The van der Waals surface area contributed by atoms with Crippen LogP contribution in [0.4, 0.5) is 5.69 Å². The average molecular weight is 435 g/mol. The van der Waals surface area contributed by atoms with Gasteiger partial charge in [-0.2, -0.15) is 0 Å². The number of carbonyl (C=O) groups excluding carboxylic acids is 1. The summed E-state index contributed by atoms with van der Waals surface area (Å²) in [5.74, 6) is -0.184. The second-order valence-electron chi connectivity index (χ2n) is 8.67. The van der Waals surface area contributed by atoms with Gasteiger partial charge in [-0.25, -0.2) is 13.1 Å². The Bertz CT molecular complexity index is 963. The van der Waals surface area contributed by atoms with Crippen LogP contribution in [-0.2, 0) is 19.6 Å². The first kappa shape index (κ1) is 24.2. The van der Waals surface area contributed by atoms with Crippen LogP contribution in [0.2, 0.25) is 0 Å². The molecule has 7 heteroatoms. The van der Waals surface area contributed by atoms with E-state index in [1.165, 1.54) is 0 Å². The van der Waals surface area contributed by atoms with Crippen LogP contribution >= 0.6 is 0 Å². The summed E-state index contributed by atoms with van der Waals surface area (Å²) in [5, 5.41) is 1.63. The number of nitrogens with one attached hydrogen (secondary N) is 1. The quantitative estimate of drug-likeness (QED) is 0.441. The molecule has 30 heavy (non-hydrogen) atoms. The Kier molecular flexibility index (Phi) is 8.26. The lowest BCUT2D eigenvalue weighted by Crippen LogP contribution is -2.25. The van der Waals surface area contributed by atoms with Gasteiger partial charge in [0, 0.05) is 43.5 Å². The molecule has 0 bridgehead atoms. The summed E-state index contributed by atoms with van der Waals surface area (Å²) in [6.45, 7) is 5.94. The minimum atomic E-state index is -3.60. The third-order valence-corrected chi connectivity index (χ3v) is 6.17. The molecule has 0 spiro atoms. The number of benzene rings is 2. The number of hydrogen-bond donors (Lipinski definition) is 1. The molecule has 0 saturated heterocycles. The minimum Gasteiger partial charge on any atom is -0.460 e. The maximum atomic E-state index is 12.9. The third-order valence-electron chi connectivity index (χ3n) is 4.65. The van der Waals surface area contributed by atoms with Gasteiger partial charge in [-0.15, -0.1) is 0 Å². The number of esters is 1. The lowest BCUT2D eigenvalue weighted by Gasteiger charge is -2.19. The van der Waals surface area contributed by atoms with Gasteiger partial charge < -0.3 is 9.64 Å². The number of fused-ring (bicyclic) bond motifs is 1. The van der Waals surface area contributed by atoms with Crippen LogP contribution < -0.4 is 9.62 Å². The van der Waals surface area contributed by atoms with Crippen LogP contribution in [0.5, 0.6) is 0 Å². The SMILES string of the molecule is CN(C)c1cccc2c(S(=O)(=O)NCCCCCCC(=O)OC(C)(C)C)cccc12. The summed E-state index contributed by atoms with van der Waals surface area (Å²) in [4.78, 5) is 14.0. The van der Waals surface area contributed by atoms with Crippen LogP contribution in [0.15, 0.2) is 41.3 Å². The molecule has 2 aromatic rings. The number of carbonyl (C=O) groups is 1. The van der Waals surface area contributed by atoms with E-state index in [0.29, 0.717) is 23.2 Å². The molecule has 0 saturated carbocycles. The molecule has 0 aliphatic heterocycles. The van der Waals surface area contributed by atoms with Crippen LogP contribution in [0, 0.1) is 0 Å². The number of hydrogen-bond acceptors (Lipinski definition) is 5. The van der Waals surface area contributed by atoms with Gasteiger partial charge in [0.15, 0.2) is 0 Å². The zero-order chi connectivity index (χ0) is 22.4. The molecule has 0 aliphatic rings. The number of sulfonamides is 1. The van der Waals surface area contributed by atoms with Crippen molar-refractivity contribution in [2.45, 2.75) is 63.4 Å². The summed E-state index contributed by atoms with van der Waals surface area (Å²) in [6, 6.07) is 11.1. The van der Waals surface area contributed by atoms with E-state index in [1.54, 1.807) is 12.1 Å². The highest BCUT2D eigenvalue weighted by atomic mass is 32.2. The van der Waals surface area contributed by atoms with Crippen LogP contribution in [0.25, 0.3) is 10.8 Å². The van der Waals surface area contributed by atoms with Crippen molar-refractivity contribution in [1.82, 2.24) is 4.72 Å². The molecule has 0 unspecified atom stereocenters. The molecule has 166 valence electrons. The molecule has 1 N–H and O–H groups in total. The van der Waals surface area contributed by atoms with E-state index in [0.717, 1.165) is 36.8 Å². The molecule has 2 rings (SSSR count). The minimum absolute atomic E-state index is 0.184. The number of anilines is 1. The Balaban J connectivity index is 1.87. The molecule has 0 radical (unpaired) electrons. The van der Waals surface area contributed by atoms with E-state index in [9.17, 15) is 13.2 Å². The Morgan fingerprint density at radius 3 is 2.27 bits per heavy atom. The maximum Gasteiger partial charge on any atom is 0.306 e. The number of rotatable bonds is 10. The van der Waals surface area contributed by atoms with Crippen molar-refractivity contribution in [3.05, 3.63) is 36.4 Å². The highest BCUT2D eigenvalue weighted by Gasteiger charge is 2.18. The summed E-state index contributed by atoms with van der Waals surface area (Å²) in [7, 11) is 0.284. The van der Waals surface area contributed by atoms with Crippen molar-refractivity contribution in [2.75, 3.05) is 25.5 Å². The van der Waals surface area contributed by atoms with Gasteiger partial charge in [0.05, 0.1) is 4.90 Å². The molecule has 0 atom stereocenters. The van der Waals surface area contributed by atoms with Gasteiger partial charge >= 0.3 is 5.97 Å². The summed E-state index contributed by atoms with van der Waals surface area (Å²) in [5.41, 5.74) is 0.527. The van der Waals surface area contributed by atoms with Gasteiger partial charge in [0.1, 0.15) is 5.60 Å². The fraction of sp³-hybridized carbons (Fsp3) is 0.522. The summed E-state index contributed by atoms with van der Waals surface area (Å²) in [6.07, 6.45) is 3.58. The van der Waals surface area contributed by atoms with Crippen molar-refractivity contribution >= 4 is 32.5 Å². The van der Waals surface area contributed by atoms with Crippen molar-refractivity contribution in [1.29, 1.82) is 0 Å². The standard InChI is InChI=1S/C23H34N2O4S/c1-23(2,3)29-22(26)16-8-6-7-9-17-24-30(27,28)21-15-11-12-18-19(21)13-10-14-20(18)25(4)5/h10-15,24H,6-9,16-17H2,1-5H3. The summed E-state index contributed by atoms with van der Waals surface area (Å²) >= 11 is 0. The number of ether oxygens (including phenoxy) is 1. The molecule has 6 nitrogen and oxygen atoms in total. The van der Waals surface area contributed by atoms with Crippen molar-refractivity contribution < 1.29 is 17.9 Å². The molecule has 0 amide bonds. The highest BCUT2D eigenvalue weighted by Crippen LogP contribution is 2.30. The fourth-order valence-corrected chi connectivity index (χ4v) is 4.61. The largest absolute Gasteiger partial charge is 0.460 e. The van der Waals surface area contributed by atoms with Crippen LogP contribution in [-0.4, -0.2) is 40.6 Å². The maximum absolute atomic E-state index is 12.9. The lowest BCUT2D eigenvalue weighted by molar-refractivity contribution is -0.154. The van der Waals surface area contributed by atoms with Gasteiger partial charge in [0.25, 0.3) is 0 Å². The molecule has 0 aromatic heterocycles.